The Morgan fingerprint density at radius 2 is 1.71 bits per heavy atom. The van der Waals surface area contributed by atoms with E-state index < -0.39 is 6.10 Å². The summed E-state index contributed by atoms with van der Waals surface area (Å²) in [5.41, 5.74) is 0.695. The van der Waals surface area contributed by atoms with Gasteiger partial charge in [0.05, 0.1) is 0 Å². The molecule has 21 heavy (non-hydrogen) atoms. The van der Waals surface area contributed by atoms with Crippen molar-refractivity contribution in [1.82, 2.24) is 0 Å². The van der Waals surface area contributed by atoms with Gasteiger partial charge in [0.15, 0.2) is 23.4 Å². The Labute approximate surface area is 119 Å². The van der Waals surface area contributed by atoms with E-state index in [1.54, 1.807) is 0 Å². The number of Topliss-reactive ketones (excluding diaryl/α,β-unsaturated/α-hetero) is 1. The van der Waals surface area contributed by atoms with Crippen LogP contribution in [0, 0.1) is 0 Å². The predicted molar refractivity (Wildman–Crippen MR) is 71.6 cm³/mol. The van der Waals surface area contributed by atoms with Gasteiger partial charge >= 0.3 is 0 Å². The minimum absolute atomic E-state index is 0.0479. The molecule has 2 aromatic rings. The summed E-state index contributed by atoms with van der Waals surface area (Å²) in [5.74, 6) is -1.11. The van der Waals surface area contributed by atoms with Gasteiger partial charge in [0, 0.05) is 29.7 Å². The maximum absolute atomic E-state index is 12.1. The highest BCUT2D eigenvalue weighted by molar-refractivity contribution is 5.89. The number of fused-ring (bicyclic) bond motifs is 1. The van der Waals surface area contributed by atoms with E-state index in [9.17, 15) is 25.2 Å². The van der Waals surface area contributed by atoms with Gasteiger partial charge in [-0.05, 0) is 12.1 Å². The zero-order chi connectivity index (χ0) is 15.1. The molecule has 4 N–H and O–H groups in total. The molecule has 0 fully saturated rings. The molecule has 1 heterocycles. The number of carbonyl (C=O) groups excluding carboxylic acids is 1. The van der Waals surface area contributed by atoms with E-state index in [4.69, 9.17) is 4.74 Å². The highest BCUT2D eigenvalue weighted by atomic mass is 16.5. The lowest BCUT2D eigenvalue weighted by Gasteiger charge is -2.26. The molecule has 0 aromatic heterocycles. The molecule has 2 aromatic carbocycles. The number of phenols is 4. The van der Waals surface area contributed by atoms with Crippen molar-refractivity contribution in [1.29, 1.82) is 0 Å². The average molecular weight is 288 g/mol. The van der Waals surface area contributed by atoms with Crippen molar-refractivity contribution in [3.8, 4) is 28.7 Å². The molecular formula is C15H12O6. The smallest absolute Gasteiger partial charge is 0.182 e. The normalized spacial score (nSPS) is 17.1. The van der Waals surface area contributed by atoms with Gasteiger partial charge in [0.25, 0.3) is 0 Å². The first kappa shape index (κ1) is 13.1. The summed E-state index contributed by atoms with van der Waals surface area (Å²) in [6.07, 6.45) is -1.02. The Morgan fingerprint density at radius 3 is 2.43 bits per heavy atom. The number of hydrogen-bond donors (Lipinski definition) is 4. The number of benzene rings is 2. The van der Waals surface area contributed by atoms with Crippen LogP contribution >= 0.6 is 0 Å². The molecule has 1 aliphatic rings. The van der Waals surface area contributed by atoms with Crippen LogP contribution in [0.4, 0.5) is 0 Å². The van der Waals surface area contributed by atoms with Crippen molar-refractivity contribution >= 4 is 5.78 Å². The minimum atomic E-state index is -0.967. The Kier molecular flexibility index (Phi) is 2.86. The van der Waals surface area contributed by atoms with Crippen LogP contribution in [0.2, 0.25) is 0 Å². The Morgan fingerprint density at radius 1 is 0.952 bits per heavy atom. The Hall–Kier alpha value is -2.89. The summed E-state index contributed by atoms with van der Waals surface area (Å²) in [7, 11) is 0. The van der Waals surface area contributed by atoms with Gasteiger partial charge in [-0.25, -0.2) is 0 Å². The van der Waals surface area contributed by atoms with Crippen LogP contribution < -0.4 is 4.74 Å². The molecule has 6 heteroatoms. The second kappa shape index (κ2) is 4.59. The maximum atomic E-state index is 12.1. The van der Waals surface area contributed by atoms with Crippen molar-refractivity contribution in [3.05, 3.63) is 41.5 Å². The molecule has 0 bridgehead atoms. The highest BCUT2D eigenvalue weighted by Gasteiger charge is 2.31. The molecule has 1 aliphatic heterocycles. The highest BCUT2D eigenvalue weighted by Crippen LogP contribution is 2.41. The molecule has 0 spiro atoms. The van der Waals surface area contributed by atoms with Crippen LogP contribution in [-0.4, -0.2) is 26.2 Å². The number of carbonyl (C=O) groups is 1. The van der Waals surface area contributed by atoms with Gasteiger partial charge in [0.1, 0.15) is 17.2 Å². The van der Waals surface area contributed by atoms with E-state index in [1.165, 1.54) is 24.3 Å². The summed E-state index contributed by atoms with van der Waals surface area (Å²) in [4.78, 5) is 12.1. The summed E-state index contributed by atoms with van der Waals surface area (Å²) >= 11 is 0. The second-order valence-corrected chi connectivity index (χ2v) is 4.83. The van der Waals surface area contributed by atoms with Gasteiger partial charge in [0.2, 0.25) is 0 Å². The third-order valence-corrected chi connectivity index (χ3v) is 3.36. The molecule has 0 radical (unpaired) electrons. The zero-order valence-corrected chi connectivity index (χ0v) is 10.8. The molecule has 0 saturated heterocycles. The number of ketones is 1. The second-order valence-electron chi connectivity index (χ2n) is 4.83. The largest absolute Gasteiger partial charge is 0.508 e. The van der Waals surface area contributed by atoms with Crippen molar-refractivity contribution in [2.75, 3.05) is 0 Å². The maximum Gasteiger partial charge on any atom is 0.182 e. The van der Waals surface area contributed by atoms with E-state index in [0.29, 0.717) is 11.1 Å². The summed E-state index contributed by atoms with van der Waals surface area (Å²) in [6, 6.07) is 6.42. The van der Waals surface area contributed by atoms with Crippen molar-refractivity contribution in [2.45, 2.75) is 12.5 Å². The lowest BCUT2D eigenvalue weighted by molar-refractivity contribution is -0.126. The standard InChI is InChI=1S/C15H12O6/c16-8-4-11(18)9-6-13(20)15(21-14(9)5-8)7-1-2-10(17)12(19)3-7/h1-5,15-19H,6H2/t15-/m1/s1. The van der Waals surface area contributed by atoms with Crippen LogP contribution in [0.3, 0.4) is 0 Å². The van der Waals surface area contributed by atoms with Gasteiger partial charge in [-0.1, -0.05) is 6.07 Å². The van der Waals surface area contributed by atoms with Gasteiger partial charge < -0.3 is 25.2 Å². The first-order chi connectivity index (χ1) is 9.95. The minimum Gasteiger partial charge on any atom is -0.508 e. The predicted octanol–water partition coefficient (Wildman–Crippen LogP) is 1.75. The number of ether oxygens (including phenoxy) is 1. The number of rotatable bonds is 1. The fourth-order valence-electron chi connectivity index (χ4n) is 2.32. The summed E-state index contributed by atoms with van der Waals surface area (Å²) in [5, 5.41) is 38.0. The fourth-order valence-corrected chi connectivity index (χ4v) is 2.32. The monoisotopic (exact) mass is 288 g/mol. The third-order valence-electron chi connectivity index (χ3n) is 3.36. The molecular weight excluding hydrogens is 276 g/mol. The van der Waals surface area contributed by atoms with Crippen LogP contribution in [0.5, 0.6) is 28.7 Å². The fraction of sp³-hybridized carbons (Fsp3) is 0.133. The average Bonchev–Trinajstić information content (AvgIpc) is 2.42. The van der Waals surface area contributed by atoms with E-state index in [0.717, 1.165) is 6.07 Å². The Balaban J connectivity index is 2.02. The molecule has 0 amide bonds. The molecule has 3 rings (SSSR count). The topological polar surface area (TPSA) is 107 Å². The molecule has 1 atom stereocenters. The lowest BCUT2D eigenvalue weighted by atomic mass is 9.95. The van der Waals surface area contributed by atoms with Crippen LogP contribution in [0.25, 0.3) is 0 Å². The van der Waals surface area contributed by atoms with Crippen molar-refractivity contribution in [3.63, 3.8) is 0 Å². The Bertz CT molecular complexity index is 737. The van der Waals surface area contributed by atoms with Crippen LogP contribution in [0.15, 0.2) is 30.3 Å². The molecule has 0 aliphatic carbocycles. The molecule has 0 saturated carbocycles. The van der Waals surface area contributed by atoms with Gasteiger partial charge in [-0.15, -0.1) is 0 Å². The van der Waals surface area contributed by atoms with E-state index in [-0.39, 0.29) is 41.0 Å². The van der Waals surface area contributed by atoms with Crippen LogP contribution in [0.1, 0.15) is 17.2 Å². The first-order valence-corrected chi connectivity index (χ1v) is 6.22. The number of hydrogen-bond acceptors (Lipinski definition) is 6. The van der Waals surface area contributed by atoms with Crippen molar-refractivity contribution < 1.29 is 30.0 Å². The summed E-state index contributed by atoms with van der Waals surface area (Å²) < 4.78 is 5.52. The lowest BCUT2D eigenvalue weighted by Crippen LogP contribution is -2.25. The summed E-state index contributed by atoms with van der Waals surface area (Å²) in [6.45, 7) is 0. The molecule has 6 nitrogen and oxygen atoms in total. The number of aromatic hydroxyl groups is 4. The van der Waals surface area contributed by atoms with E-state index in [2.05, 4.69) is 0 Å². The van der Waals surface area contributed by atoms with E-state index in [1.807, 2.05) is 0 Å². The molecule has 0 unspecified atom stereocenters. The number of phenolic OH excluding ortho intramolecular Hbond substituents is 4. The quantitative estimate of drug-likeness (QED) is 0.596. The third kappa shape index (κ3) is 2.20. The SMILES string of the molecule is O=C1Cc2c(O)cc(O)cc2O[C@@H]1c1ccc(O)c(O)c1. The first-order valence-electron chi connectivity index (χ1n) is 6.22. The van der Waals surface area contributed by atoms with Gasteiger partial charge in [-0.2, -0.15) is 0 Å². The van der Waals surface area contributed by atoms with Crippen LogP contribution in [-0.2, 0) is 11.2 Å². The van der Waals surface area contributed by atoms with Crippen molar-refractivity contribution in [2.24, 2.45) is 0 Å². The molecule has 108 valence electrons. The van der Waals surface area contributed by atoms with Gasteiger partial charge in [-0.3, -0.25) is 4.79 Å². The van der Waals surface area contributed by atoms with E-state index >= 15 is 0 Å². The zero-order valence-electron chi connectivity index (χ0n) is 10.8.